The molecule has 48 heavy (non-hydrogen) atoms. The molecule has 0 bridgehead atoms. The van der Waals surface area contributed by atoms with Crippen molar-refractivity contribution in [2.75, 3.05) is 12.3 Å². The van der Waals surface area contributed by atoms with Crippen molar-refractivity contribution in [1.29, 1.82) is 0 Å². The Morgan fingerprint density at radius 1 is 1.06 bits per heavy atom. The minimum absolute atomic E-state index is 0.0465. The number of urea groups is 1. The maximum Gasteiger partial charge on any atom is 0.315 e. The Balaban J connectivity index is 1.33. The first-order valence-electron chi connectivity index (χ1n) is 17.1. The Morgan fingerprint density at radius 2 is 1.73 bits per heavy atom. The molecule has 1 aliphatic heterocycles. The number of hydrogen-bond donors (Lipinski definition) is 4. The lowest BCUT2D eigenvalue weighted by Crippen LogP contribution is -2.64. The molecule has 3 unspecified atom stereocenters. The third-order valence-electron chi connectivity index (χ3n) is 10.9. The second kappa shape index (κ2) is 13.1. The smallest absolute Gasteiger partial charge is 0.315 e. The van der Waals surface area contributed by atoms with Crippen LogP contribution in [0.2, 0.25) is 0 Å². The number of likely N-dealkylation sites (tertiary alicyclic amines) is 1. The molecule has 4 aliphatic rings. The summed E-state index contributed by atoms with van der Waals surface area (Å²) < 4.78 is 31.8. The molecule has 266 valence electrons. The molecule has 3 saturated carbocycles. The molecule has 4 fully saturated rings. The van der Waals surface area contributed by atoms with Crippen LogP contribution < -0.4 is 21.7 Å². The molecule has 5 atom stereocenters. The normalized spacial score (nSPS) is 25.7. The van der Waals surface area contributed by atoms with E-state index in [9.17, 15) is 32.4 Å². The zero-order valence-corrected chi connectivity index (χ0v) is 29.5. The molecule has 3 aliphatic carbocycles. The van der Waals surface area contributed by atoms with Crippen molar-refractivity contribution >= 4 is 39.4 Å². The molecule has 1 aromatic heterocycles. The van der Waals surface area contributed by atoms with E-state index in [1.54, 1.807) is 12.1 Å². The average Bonchev–Trinajstić information content (AvgIpc) is 3.70. The Morgan fingerprint density at radius 3 is 2.29 bits per heavy atom. The van der Waals surface area contributed by atoms with Crippen molar-refractivity contribution in [3.05, 3.63) is 24.2 Å². The number of furan rings is 1. The van der Waals surface area contributed by atoms with Crippen LogP contribution in [0, 0.1) is 28.6 Å². The average molecular weight is 690 g/mol. The topological polar surface area (TPSA) is 198 Å². The van der Waals surface area contributed by atoms with Gasteiger partial charge in [0.15, 0.2) is 9.84 Å². The maximum absolute atomic E-state index is 14.4. The summed E-state index contributed by atoms with van der Waals surface area (Å²) in [6.45, 7) is 9.82. The summed E-state index contributed by atoms with van der Waals surface area (Å²) in [7, 11) is -3.66. The van der Waals surface area contributed by atoms with Gasteiger partial charge in [-0.05, 0) is 60.0 Å². The number of nitrogens with two attached hydrogens (primary N) is 1. The highest BCUT2D eigenvalue weighted by molar-refractivity contribution is 7.90. The van der Waals surface area contributed by atoms with E-state index < -0.39 is 68.5 Å². The Kier molecular flexibility index (Phi) is 9.81. The Hall–Kier alpha value is -3.42. The van der Waals surface area contributed by atoms with Gasteiger partial charge in [-0.3, -0.25) is 19.2 Å². The molecule has 0 spiro atoms. The van der Waals surface area contributed by atoms with Gasteiger partial charge in [0, 0.05) is 6.54 Å². The molecule has 5 rings (SSSR count). The van der Waals surface area contributed by atoms with E-state index in [4.69, 9.17) is 10.2 Å². The van der Waals surface area contributed by atoms with Crippen molar-refractivity contribution in [3.8, 4) is 0 Å². The quantitative estimate of drug-likeness (QED) is 0.227. The predicted molar refractivity (Wildman–Crippen MR) is 177 cm³/mol. The van der Waals surface area contributed by atoms with Crippen molar-refractivity contribution in [2.24, 2.45) is 34.3 Å². The largest absolute Gasteiger partial charge is 0.468 e. The van der Waals surface area contributed by atoms with Gasteiger partial charge in [-0.1, -0.05) is 66.7 Å². The fourth-order valence-electron chi connectivity index (χ4n) is 8.00. The van der Waals surface area contributed by atoms with Gasteiger partial charge in [0.1, 0.15) is 23.6 Å². The minimum atomic E-state index is -3.66. The van der Waals surface area contributed by atoms with Crippen molar-refractivity contribution < 1.29 is 36.8 Å². The van der Waals surface area contributed by atoms with E-state index in [0.717, 1.165) is 32.1 Å². The summed E-state index contributed by atoms with van der Waals surface area (Å²) in [4.78, 5) is 67.9. The number of sulfone groups is 1. The van der Waals surface area contributed by atoms with Crippen molar-refractivity contribution in [2.45, 2.75) is 115 Å². The summed E-state index contributed by atoms with van der Waals surface area (Å²) in [5.74, 6) is -3.03. The number of carbonyl (C=O) groups excluding carboxylic acids is 5. The molecule has 13 nitrogen and oxygen atoms in total. The third-order valence-corrected chi connectivity index (χ3v) is 12.6. The van der Waals surface area contributed by atoms with Crippen LogP contribution in [0.4, 0.5) is 4.79 Å². The Bertz CT molecular complexity index is 1520. The molecule has 0 aromatic carbocycles. The number of fused-ring (bicyclic) bond motifs is 1. The third kappa shape index (κ3) is 7.89. The van der Waals surface area contributed by atoms with E-state index in [0.29, 0.717) is 31.6 Å². The summed E-state index contributed by atoms with van der Waals surface area (Å²) >= 11 is 0. The lowest BCUT2D eigenvalue weighted by Gasteiger charge is -2.40. The number of hydrogen-bond acceptors (Lipinski definition) is 8. The van der Waals surface area contributed by atoms with Crippen LogP contribution in [0.1, 0.15) is 91.7 Å². The highest BCUT2D eigenvalue weighted by Gasteiger charge is 2.70. The molecule has 1 aromatic rings. The van der Waals surface area contributed by atoms with Gasteiger partial charge < -0.3 is 31.0 Å². The SMILES string of the molecule is CC1(C)C2CN(C(=O)[C@@H](NC(=O)NC3(CS(=O)(=O)Cc4ccco4)CCCCC3)C(C)(C)C)[C@H](C(=O)NC(CC3CC3)C(=O)C(N)=O)C21. The van der Waals surface area contributed by atoms with Gasteiger partial charge in [0.2, 0.25) is 17.6 Å². The highest BCUT2D eigenvalue weighted by Crippen LogP contribution is 2.65. The molecular formula is C34H51N5O8S. The van der Waals surface area contributed by atoms with Crippen LogP contribution in [-0.4, -0.2) is 78.8 Å². The van der Waals surface area contributed by atoms with Crippen LogP contribution in [0.3, 0.4) is 0 Å². The summed E-state index contributed by atoms with van der Waals surface area (Å²) in [5, 5.41) is 8.58. The van der Waals surface area contributed by atoms with Crippen LogP contribution in [0.25, 0.3) is 0 Å². The summed E-state index contributed by atoms with van der Waals surface area (Å²) in [6.07, 6.45) is 6.93. The fraction of sp³-hybridized carbons (Fsp3) is 0.735. The molecule has 0 radical (unpaired) electrons. The lowest BCUT2D eigenvalue weighted by molar-refractivity contribution is -0.145. The van der Waals surface area contributed by atoms with Crippen LogP contribution in [-0.2, 0) is 34.8 Å². The monoisotopic (exact) mass is 689 g/mol. The zero-order valence-electron chi connectivity index (χ0n) is 28.7. The van der Waals surface area contributed by atoms with Crippen LogP contribution in [0.5, 0.6) is 0 Å². The van der Waals surface area contributed by atoms with Gasteiger partial charge >= 0.3 is 6.03 Å². The molecule has 1 saturated heterocycles. The highest BCUT2D eigenvalue weighted by atomic mass is 32.2. The summed E-state index contributed by atoms with van der Waals surface area (Å²) in [5.41, 5.74) is 3.30. The number of nitrogens with zero attached hydrogens (tertiary/aromatic N) is 1. The molecule has 14 heteroatoms. The van der Waals surface area contributed by atoms with Gasteiger partial charge in [0.25, 0.3) is 5.91 Å². The number of primary amides is 1. The van der Waals surface area contributed by atoms with E-state index in [2.05, 4.69) is 16.0 Å². The number of rotatable bonds is 13. The molecule has 5 N–H and O–H groups in total. The van der Waals surface area contributed by atoms with Crippen molar-refractivity contribution in [1.82, 2.24) is 20.9 Å². The van der Waals surface area contributed by atoms with E-state index in [1.807, 2.05) is 34.6 Å². The summed E-state index contributed by atoms with van der Waals surface area (Å²) in [6, 6.07) is -0.429. The fourth-order valence-corrected chi connectivity index (χ4v) is 9.90. The van der Waals surface area contributed by atoms with Gasteiger partial charge in [-0.2, -0.15) is 0 Å². The van der Waals surface area contributed by atoms with Gasteiger partial charge in [-0.15, -0.1) is 0 Å². The van der Waals surface area contributed by atoms with E-state index in [-0.39, 0.29) is 34.7 Å². The predicted octanol–water partition coefficient (Wildman–Crippen LogP) is 2.43. The number of Topliss-reactive ketones (excluding diaryl/α,β-unsaturated/α-hetero) is 1. The first-order valence-corrected chi connectivity index (χ1v) is 18.9. The van der Waals surface area contributed by atoms with Gasteiger partial charge in [0.05, 0.1) is 23.6 Å². The Labute approximate surface area is 282 Å². The molecular weight excluding hydrogens is 638 g/mol. The number of ketones is 1. The number of piperidine rings is 1. The van der Waals surface area contributed by atoms with Crippen LogP contribution >= 0.6 is 0 Å². The number of carbonyl (C=O) groups is 5. The second-order valence-corrected chi connectivity index (χ2v) is 18.3. The molecule has 2 heterocycles. The first kappa shape index (κ1) is 35.9. The molecule has 5 amide bonds. The van der Waals surface area contributed by atoms with Gasteiger partial charge in [-0.25, -0.2) is 13.2 Å². The van der Waals surface area contributed by atoms with Crippen LogP contribution in [0.15, 0.2) is 22.8 Å². The number of nitrogens with one attached hydrogen (secondary N) is 3. The lowest BCUT2D eigenvalue weighted by atomic mass is 9.83. The maximum atomic E-state index is 14.4. The standard InChI is InChI=1S/C34H51N5O8S/c1-32(2,3)27(37-31(44)38-34(13-7-6-8-14-34)19-48(45,46)18-21-10-9-15-47-21)30(43)39-17-22-24(33(22,4)5)25(39)29(42)36-23(16-20-11-12-20)26(40)28(35)41/h9-10,15,20,22-25,27H,6-8,11-14,16-19H2,1-5H3,(H2,35,41)(H,36,42)(H2,37,38,44)/t22?,23?,24?,25-,27+/m0/s1. The van der Waals surface area contributed by atoms with Crippen molar-refractivity contribution in [3.63, 3.8) is 0 Å². The number of amides is 5. The first-order chi connectivity index (χ1) is 22.3. The van der Waals surface area contributed by atoms with E-state index >= 15 is 0 Å². The van der Waals surface area contributed by atoms with E-state index in [1.165, 1.54) is 11.2 Å². The zero-order chi connectivity index (χ0) is 35.2. The second-order valence-electron chi connectivity index (χ2n) is 16.2. The minimum Gasteiger partial charge on any atom is -0.468 e.